The maximum absolute atomic E-state index is 11.8. The number of furan rings is 1. The monoisotopic (exact) mass is 254 g/mol. The van der Waals surface area contributed by atoms with Gasteiger partial charge in [0.05, 0.1) is 11.8 Å². The van der Waals surface area contributed by atoms with E-state index < -0.39 is 0 Å². The molecule has 1 aromatic carbocycles. The highest BCUT2D eigenvalue weighted by atomic mass is 16.3. The summed E-state index contributed by atoms with van der Waals surface area (Å²) in [5.74, 6) is -0.126. The predicted molar refractivity (Wildman–Crippen MR) is 72.9 cm³/mol. The van der Waals surface area contributed by atoms with Gasteiger partial charge in [-0.1, -0.05) is 6.07 Å². The van der Waals surface area contributed by atoms with Crippen LogP contribution in [0.4, 0.5) is 0 Å². The lowest BCUT2D eigenvalue weighted by Crippen LogP contribution is -2.22. The minimum absolute atomic E-state index is 0.126. The molecule has 3 aromatic rings. The number of fused-ring (bicyclic) bond motifs is 1. The summed E-state index contributed by atoms with van der Waals surface area (Å²) in [7, 11) is 0. The van der Waals surface area contributed by atoms with Crippen molar-refractivity contribution >= 4 is 16.8 Å². The molecule has 3 rings (SSSR count). The summed E-state index contributed by atoms with van der Waals surface area (Å²) in [5.41, 5.74) is 3.86. The Bertz CT molecular complexity index is 711. The molecule has 19 heavy (non-hydrogen) atoms. The first-order valence-electron chi connectivity index (χ1n) is 6.11. The Balaban J connectivity index is 1.73. The van der Waals surface area contributed by atoms with Gasteiger partial charge in [-0.3, -0.25) is 4.79 Å². The van der Waals surface area contributed by atoms with Gasteiger partial charge in [-0.25, -0.2) is 0 Å². The Kier molecular flexibility index (Phi) is 2.83. The topological polar surface area (TPSA) is 58.0 Å². The van der Waals surface area contributed by atoms with Crippen LogP contribution >= 0.6 is 0 Å². The molecule has 0 unspecified atom stereocenters. The summed E-state index contributed by atoms with van der Waals surface area (Å²) in [6, 6.07) is 9.86. The lowest BCUT2D eigenvalue weighted by Gasteiger charge is -2.04. The molecule has 0 aliphatic carbocycles. The number of carbonyl (C=O) groups is 1. The number of hydrogen-bond acceptors (Lipinski definition) is 2. The lowest BCUT2D eigenvalue weighted by atomic mass is 10.1. The summed E-state index contributed by atoms with van der Waals surface area (Å²) >= 11 is 0. The Labute approximate surface area is 110 Å². The first kappa shape index (κ1) is 11.6. The molecule has 0 fully saturated rings. The third-order valence-electron chi connectivity index (χ3n) is 3.06. The average Bonchev–Trinajstić information content (AvgIpc) is 3.03. The molecular weight excluding hydrogens is 240 g/mol. The van der Waals surface area contributed by atoms with Crippen LogP contribution < -0.4 is 5.32 Å². The van der Waals surface area contributed by atoms with E-state index in [-0.39, 0.29) is 5.91 Å². The van der Waals surface area contributed by atoms with Gasteiger partial charge >= 0.3 is 0 Å². The summed E-state index contributed by atoms with van der Waals surface area (Å²) in [4.78, 5) is 15.0. The van der Waals surface area contributed by atoms with Crippen molar-refractivity contribution in [2.24, 2.45) is 0 Å². The van der Waals surface area contributed by atoms with E-state index in [2.05, 4.69) is 22.4 Å². The van der Waals surface area contributed by atoms with E-state index in [4.69, 9.17) is 4.42 Å². The van der Waals surface area contributed by atoms with Crippen LogP contribution in [0.5, 0.6) is 0 Å². The summed E-state index contributed by atoms with van der Waals surface area (Å²) < 4.78 is 4.88. The van der Waals surface area contributed by atoms with E-state index in [9.17, 15) is 4.79 Å². The number of aromatic amines is 1. The second kappa shape index (κ2) is 4.65. The van der Waals surface area contributed by atoms with Gasteiger partial charge in [0.15, 0.2) is 0 Å². The summed E-state index contributed by atoms with van der Waals surface area (Å²) in [6.07, 6.45) is 2.93. The third-order valence-corrected chi connectivity index (χ3v) is 3.06. The highest BCUT2D eigenvalue weighted by Gasteiger charge is 2.06. The molecule has 0 aliphatic heterocycles. The van der Waals surface area contributed by atoms with Crippen LogP contribution in [0.15, 0.2) is 47.3 Å². The average molecular weight is 254 g/mol. The second-order valence-electron chi connectivity index (χ2n) is 4.57. The van der Waals surface area contributed by atoms with Crippen molar-refractivity contribution < 1.29 is 9.21 Å². The van der Waals surface area contributed by atoms with E-state index in [1.807, 2.05) is 19.1 Å². The molecule has 0 aliphatic rings. The van der Waals surface area contributed by atoms with Gasteiger partial charge in [0.1, 0.15) is 6.26 Å². The largest absolute Gasteiger partial charge is 0.472 e. The number of benzene rings is 1. The molecule has 0 saturated carbocycles. The number of rotatable bonds is 3. The normalized spacial score (nSPS) is 10.8. The molecule has 1 amide bonds. The SMILES string of the molecule is Cc1cc2cc(CNC(=O)c3ccoc3)ccc2[nH]1. The predicted octanol–water partition coefficient (Wildman–Crippen LogP) is 3.00. The van der Waals surface area contributed by atoms with E-state index in [0.717, 1.165) is 22.2 Å². The van der Waals surface area contributed by atoms with Crippen LogP contribution in [0.3, 0.4) is 0 Å². The van der Waals surface area contributed by atoms with Crippen LogP contribution in [-0.4, -0.2) is 10.9 Å². The number of H-pyrrole nitrogens is 1. The molecule has 0 saturated heterocycles. The fourth-order valence-electron chi connectivity index (χ4n) is 2.12. The molecule has 0 atom stereocenters. The molecule has 96 valence electrons. The summed E-state index contributed by atoms with van der Waals surface area (Å²) in [6.45, 7) is 2.53. The van der Waals surface area contributed by atoms with Crippen molar-refractivity contribution in [3.63, 3.8) is 0 Å². The van der Waals surface area contributed by atoms with Crippen LogP contribution in [0.25, 0.3) is 10.9 Å². The van der Waals surface area contributed by atoms with Crippen molar-refractivity contribution in [1.82, 2.24) is 10.3 Å². The smallest absolute Gasteiger partial charge is 0.254 e. The van der Waals surface area contributed by atoms with Crippen molar-refractivity contribution in [3.05, 3.63) is 59.7 Å². The van der Waals surface area contributed by atoms with Crippen LogP contribution in [0, 0.1) is 6.92 Å². The van der Waals surface area contributed by atoms with Gasteiger partial charge in [-0.05, 0) is 42.1 Å². The standard InChI is InChI=1S/C15H14N2O2/c1-10-6-13-7-11(2-3-14(13)17-10)8-16-15(18)12-4-5-19-9-12/h2-7,9,17H,8H2,1H3,(H,16,18). The zero-order valence-corrected chi connectivity index (χ0v) is 10.6. The molecule has 0 radical (unpaired) electrons. The molecule has 2 heterocycles. The van der Waals surface area contributed by atoms with Gasteiger partial charge < -0.3 is 14.7 Å². The van der Waals surface area contributed by atoms with E-state index >= 15 is 0 Å². The van der Waals surface area contributed by atoms with Crippen molar-refractivity contribution in [1.29, 1.82) is 0 Å². The van der Waals surface area contributed by atoms with E-state index in [0.29, 0.717) is 12.1 Å². The van der Waals surface area contributed by atoms with Gasteiger partial charge in [0, 0.05) is 17.8 Å². The maximum Gasteiger partial charge on any atom is 0.254 e. The van der Waals surface area contributed by atoms with Crippen LogP contribution in [0.2, 0.25) is 0 Å². The van der Waals surface area contributed by atoms with Gasteiger partial charge in [0.25, 0.3) is 5.91 Å². The van der Waals surface area contributed by atoms with E-state index in [1.165, 1.54) is 12.5 Å². The Morgan fingerprint density at radius 2 is 2.21 bits per heavy atom. The lowest BCUT2D eigenvalue weighted by molar-refractivity contribution is 0.0950. The molecule has 2 N–H and O–H groups in total. The van der Waals surface area contributed by atoms with Gasteiger partial charge in [-0.2, -0.15) is 0 Å². The molecule has 0 bridgehead atoms. The van der Waals surface area contributed by atoms with Crippen molar-refractivity contribution in [2.45, 2.75) is 13.5 Å². The Morgan fingerprint density at radius 3 is 3.00 bits per heavy atom. The quantitative estimate of drug-likeness (QED) is 0.754. The Morgan fingerprint density at radius 1 is 1.32 bits per heavy atom. The minimum atomic E-state index is -0.126. The highest BCUT2D eigenvalue weighted by molar-refractivity contribution is 5.93. The van der Waals surface area contributed by atoms with Crippen molar-refractivity contribution in [2.75, 3.05) is 0 Å². The van der Waals surface area contributed by atoms with Crippen LogP contribution in [0.1, 0.15) is 21.6 Å². The molecular formula is C15H14N2O2. The fourth-order valence-corrected chi connectivity index (χ4v) is 2.12. The molecule has 2 aromatic heterocycles. The Hall–Kier alpha value is -2.49. The highest BCUT2D eigenvalue weighted by Crippen LogP contribution is 2.16. The van der Waals surface area contributed by atoms with Crippen molar-refractivity contribution in [3.8, 4) is 0 Å². The van der Waals surface area contributed by atoms with Gasteiger partial charge in [-0.15, -0.1) is 0 Å². The molecule has 4 nitrogen and oxygen atoms in total. The number of nitrogens with one attached hydrogen (secondary N) is 2. The first-order chi connectivity index (χ1) is 9.22. The number of aromatic nitrogens is 1. The number of hydrogen-bond donors (Lipinski definition) is 2. The van der Waals surface area contributed by atoms with Gasteiger partial charge in [0.2, 0.25) is 0 Å². The first-order valence-corrected chi connectivity index (χ1v) is 6.11. The van der Waals surface area contributed by atoms with E-state index in [1.54, 1.807) is 6.07 Å². The summed E-state index contributed by atoms with van der Waals surface area (Å²) in [5, 5.41) is 4.02. The molecule has 4 heteroatoms. The zero-order valence-electron chi connectivity index (χ0n) is 10.6. The second-order valence-corrected chi connectivity index (χ2v) is 4.57. The maximum atomic E-state index is 11.8. The number of amides is 1. The fraction of sp³-hybridized carbons (Fsp3) is 0.133. The number of aryl methyl sites for hydroxylation is 1. The van der Waals surface area contributed by atoms with Crippen LogP contribution in [-0.2, 0) is 6.54 Å². The minimum Gasteiger partial charge on any atom is -0.472 e. The third kappa shape index (κ3) is 2.38. The molecule has 0 spiro atoms. The zero-order chi connectivity index (χ0) is 13.2. The number of carbonyl (C=O) groups excluding carboxylic acids is 1.